The summed E-state index contributed by atoms with van der Waals surface area (Å²) in [4.78, 5) is 18.0. The molecule has 0 bridgehead atoms. The van der Waals surface area contributed by atoms with Crippen molar-refractivity contribution in [1.29, 1.82) is 0 Å². The zero-order valence-electron chi connectivity index (χ0n) is 16.2. The molecule has 1 unspecified atom stereocenters. The summed E-state index contributed by atoms with van der Waals surface area (Å²) in [5, 5.41) is 6.28. The summed E-state index contributed by atoms with van der Waals surface area (Å²) in [7, 11) is 0. The van der Waals surface area contributed by atoms with E-state index in [0.29, 0.717) is 11.1 Å². The minimum atomic E-state index is -4.69. The van der Waals surface area contributed by atoms with Crippen molar-refractivity contribution in [3.05, 3.63) is 35.7 Å². The molecule has 0 aliphatic rings. The zero-order valence-corrected chi connectivity index (χ0v) is 16.2. The summed E-state index contributed by atoms with van der Waals surface area (Å²) < 4.78 is 41.8. The Kier molecular flexibility index (Phi) is 7.56. The van der Waals surface area contributed by atoms with Crippen LogP contribution in [-0.2, 0) is 6.18 Å². The molecule has 2 aromatic rings. The first-order valence-corrected chi connectivity index (χ1v) is 9.29. The topological polar surface area (TPSA) is 71.3 Å². The van der Waals surface area contributed by atoms with Crippen molar-refractivity contribution >= 4 is 5.91 Å². The summed E-state index contributed by atoms with van der Waals surface area (Å²) >= 11 is 0. The minimum absolute atomic E-state index is 0.0307. The van der Waals surface area contributed by atoms with Crippen molar-refractivity contribution in [2.45, 2.75) is 45.8 Å². The van der Waals surface area contributed by atoms with Crippen LogP contribution < -0.4 is 5.32 Å². The van der Waals surface area contributed by atoms with Crippen molar-refractivity contribution < 1.29 is 22.5 Å². The molecule has 1 aromatic heterocycles. The number of carbonyl (C=O) groups excluding carboxylic acids is 1. The molecule has 1 amide bonds. The first-order chi connectivity index (χ1) is 13.2. The maximum Gasteiger partial charge on any atom is 0.471 e. The van der Waals surface area contributed by atoms with E-state index in [0.717, 1.165) is 32.5 Å². The van der Waals surface area contributed by atoms with Gasteiger partial charge in [0.2, 0.25) is 5.82 Å². The van der Waals surface area contributed by atoms with Crippen LogP contribution >= 0.6 is 0 Å². The fraction of sp³-hybridized carbons (Fsp3) is 0.526. The number of benzene rings is 1. The van der Waals surface area contributed by atoms with E-state index in [1.165, 1.54) is 24.3 Å². The molecule has 0 saturated carbocycles. The maximum atomic E-state index is 12.5. The maximum absolute atomic E-state index is 12.5. The smallest absolute Gasteiger partial charge is 0.348 e. The van der Waals surface area contributed by atoms with Crippen LogP contribution in [0.25, 0.3) is 11.4 Å². The van der Waals surface area contributed by atoms with Crippen molar-refractivity contribution in [3.63, 3.8) is 0 Å². The highest BCUT2D eigenvalue weighted by Gasteiger charge is 2.38. The van der Waals surface area contributed by atoms with E-state index in [-0.39, 0.29) is 17.8 Å². The molecule has 1 atom stereocenters. The minimum Gasteiger partial charge on any atom is -0.348 e. The van der Waals surface area contributed by atoms with Gasteiger partial charge in [-0.2, -0.15) is 18.2 Å². The van der Waals surface area contributed by atoms with Gasteiger partial charge < -0.3 is 14.7 Å². The van der Waals surface area contributed by atoms with Gasteiger partial charge in [-0.25, -0.2) is 0 Å². The van der Waals surface area contributed by atoms with E-state index in [9.17, 15) is 18.0 Å². The van der Waals surface area contributed by atoms with Crippen LogP contribution in [0, 0.1) is 0 Å². The van der Waals surface area contributed by atoms with Gasteiger partial charge in [0.1, 0.15) is 0 Å². The first-order valence-electron chi connectivity index (χ1n) is 9.29. The van der Waals surface area contributed by atoms with Crippen LogP contribution in [0.3, 0.4) is 0 Å². The van der Waals surface area contributed by atoms with E-state index < -0.39 is 12.1 Å². The number of nitrogens with one attached hydrogen (secondary N) is 1. The van der Waals surface area contributed by atoms with Crippen molar-refractivity contribution in [3.8, 4) is 11.4 Å². The van der Waals surface area contributed by atoms with Crippen LogP contribution in [0.4, 0.5) is 13.2 Å². The largest absolute Gasteiger partial charge is 0.471 e. The Balaban J connectivity index is 1.98. The predicted octanol–water partition coefficient (Wildman–Crippen LogP) is 4.00. The highest BCUT2D eigenvalue weighted by Crippen LogP contribution is 2.29. The number of hydrogen-bond acceptors (Lipinski definition) is 5. The summed E-state index contributed by atoms with van der Waals surface area (Å²) in [5.74, 6) is -1.82. The third-order valence-corrected chi connectivity index (χ3v) is 4.06. The number of aromatic nitrogens is 2. The molecule has 0 saturated heterocycles. The molecule has 0 radical (unpaired) electrons. The summed E-state index contributed by atoms with van der Waals surface area (Å²) in [6, 6.07) is 6.00. The monoisotopic (exact) mass is 398 g/mol. The number of halogens is 3. The Hall–Kier alpha value is -2.42. The van der Waals surface area contributed by atoms with Crippen molar-refractivity contribution in [2.75, 3.05) is 19.6 Å². The summed E-state index contributed by atoms with van der Waals surface area (Å²) in [5.41, 5.74) is 0.744. The number of amides is 1. The van der Waals surface area contributed by atoms with Crippen LogP contribution in [-0.4, -0.2) is 46.6 Å². The molecule has 1 N–H and O–H groups in total. The first kappa shape index (κ1) is 21.9. The molecule has 1 aromatic carbocycles. The number of alkyl halides is 3. The van der Waals surface area contributed by atoms with Gasteiger partial charge >= 0.3 is 12.1 Å². The van der Waals surface area contributed by atoms with E-state index in [1.54, 1.807) is 0 Å². The van der Waals surface area contributed by atoms with Crippen LogP contribution in [0.15, 0.2) is 28.8 Å². The summed E-state index contributed by atoms with van der Waals surface area (Å²) in [6.07, 6.45) is -2.59. The van der Waals surface area contributed by atoms with Gasteiger partial charge in [0.25, 0.3) is 5.91 Å². The number of rotatable bonds is 9. The highest BCUT2D eigenvalue weighted by molar-refractivity contribution is 5.94. The Morgan fingerprint density at radius 3 is 2.29 bits per heavy atom. The molecular weight excluding hydrogens is 373 g/mol. The fourth-order valence-corrected chi connectivity index (χ4v) is 2.89. The van der Waals surface area contributed by atoms with Gasteiger partial charge in [-0.15, -0.1) is 0 Å². The second-order valence-electron chi connectivity index (χ2n) is 6.67. The molecule has 2 rings (SSSR count). The SMILES string of the molecule is CCCN(CCC)CC(C)NC(=O)c1ccc(-c2noc(C(F)(F)F)n2)cc1. The van der Waals surface area contributed by atoms with Gasteiger partial charge in [-0.3, -0.25) is 4.79 Å². The number of carbonyl (C=O) groups is 1. The van der Waals surface area contributed by atoms with Crippen LogP contribution in [0.5, 0.6) is 0 Å². The quantitative estimate of drug-likeness (QED) is 0.691. The third-order valence-electron chi connectivity index (χ3n) is 4.06. The van der Waals surface area contributed by atoms with E-state index >= 15 is 0 Å². The van der Waals surface area contributed by atoms with E-state index in [1.807, 2.05) is 6.92 Å². The molecule has 0 spiro atoms. The normalized spacial score (nSPS) is 13.0. The average Bonchev–Trinajstić information content (AvgIpc) is 3.12. The van der Waals surface area contributed by atoms with Crippen molar-refractivity contribution in [1.82, 2.24) is 20.4 Å². The highest BCUT2D eigenvalue weighted by atomic mass is 19.4. The lowest BCUT2D eigenvalue weighted by Gasteiger charge is -2.25. The Labute approximate surface area is 162 Å². The number of nitrogens with zero attached hydrogens (tertiary/aromatic N) is 3. The molecule has 0 aliphatic heterocycles. The molecule has 0 fully saturated rings. The summed E-state index contributed by atoms with van der Waals surface area (Å²) in [6.45, 7) is 8.90. The average molecular weight is 398 g/mol. The zero-order chi connectivity index (χ0) is 20.7. The van der Waals surface area contributed by atoms with Crippen LogP contribution in [0.1, 0.15) is 49.9 Å². The fourth-order valence-electron chi connectivity index (χ4n) is 2.89. The molecule has 154 valence electrons. The number of hydrogen-bond donors (Lipinski definition) is 1. The van der Waals surface area contributed by atoms with Gasteiger partial charge in [0.05, 0.1) is 0 Å². The van der Waals surface area contributed by atoms with Crippen LogP contribution in [0.2, 0.25) is 0 Å². The van der Waals surface area contributed by atoms with Gasteiger partial charge in [0.15, 0.2) is 0 Å². The molecule has 1 heterocycles. The molecule has 6 nitrogen and oxygen atoms in total. The Morgan fingerprint density at radius 2 is 1.79 bits per heavy atom. The standard InChI is InChI=1S/C19H25F3N4O2/c1-4-10-26(11-5-2)12-13(3)23-17(27)15-8-6-14(7-9-15)16-24-18(28-25-16)19(20,21)22/h6-9,13H,4-5,10-12H2,1-3H3,(H,23,27). The van der Waals surface area contributed by atoms with Gasteiger partial charge in [0, 0.05) is 23.7 Å². The lowest BCUT2D eigenvalue weighted by atomic mass is 10.1. The lowest BCUT2D eigenvalue weighted by molar-refractivity contribution is -0.159. The third kappa shape index (κ3) is 6.05. The van der Waals surface area contributed by atoms with Gasteiger partial charge in [-0.05, 0) is 45.0 Å². The second kappa shape index (κ2) is 9.68. The van der Waals surface area contributed by atoms with Crippen molar-refractivity contribution in [2.24, 2.45) is 0 Å². The Morgan fingerprint density at radius 1 is 1.18 bits per heavy atom. The predicted molar refractivity (Wildman–Crippen MR) is 98.7 cm³/mol. The molecule has 9 heteroatoms. The van der Waals surface area contributed by atoms with E-state index in [2.05, 4.69) is 38.7 Å². The molecular formula is C19H25F3N4O2. The molecule has 0 aliphatic carbocycles. The molecule has 28 heavy (non-hydrogen) atoms. The van der Waals surface area contributed by atoms with E-state index in [4.69, 9.17) is 0 Å². The van der Waals surface area contributed by atoms with Gasteiger partial charge in [-0.1, -0.05) is 31.1 Å². The second-order valence-corrected chi connectivity index (χ2v) is 6.67. The Bertz CT molecular complexity index is 753. The lowest BCUT2D eigenvalue weighted by Crippen LogP contribution is -2.42.